The van der Waals surface area contributed by atoms with E-state index in [0.29, 0.717) is 50.9 Å². The van der Waals surface area contributed by atoms with Gasteiger partial charge in [0.15, 0.2) is 11.5 Å². The molecule has 0 unspecified atom stereocenters. The summed E-state index contributed by atoms with van der Waals surface area (Å²) in [5.41, 5.74) is 0.727. The SMILES string of the molecule is O=S(=O)(c1ccc2c(c1)OCCCO2)N1CCN(c2ccccc2O)CC1. The van der Waals surface area contributed by atoms with E-state index >= 15 is 0 Å². The number of sulfonamides is 1. The second kappa shape index (κ2) is 7.28. The summed E-state index contributed by atoms with van der Waals surface area (Å²) in [6.07, 6.45) is 0.769. The average Bonchev–Trinajstić information content (AvgIpc) is 2.93. The van der Waals surface area contributed by atoms with Gasteiger partial charge >= 0.3 is 0 Å². The molecule has 0 radical (unpaired) electrons. The van der Waals surface area contributed by atoms with Gasteiger partial charge in [0.25, 0.3) is 0 Å². The van der Waals surface area contributed by atoms with Crippen molar-refractivity contribution in [3.8, 4) is 17.2 Å². The minimum absolute atomic E-state index is 0.205. The number of piperazine rings is 1. The monoisotopic (exact) mass is 390 g/mol. The van der Waals surface area contributed by atoms with Gasteiger partial charge in [-0.05, 0) is 24.3 Å². The molecule has 0 saturated carbocycles. The van der Waals surface area contributed by atoms with Gasteiger partial charge in [0.2, 0.25) is 10.0 Å². The lowest BCUT2D eigenvalue weighted by Gasteiger charge is -2.35. The summed E-state index contributed by atoms with van der Waals surface area (Å²) < 4.78 is 38.7. The summed E-state index contributed by atoms with van der Waals surface area (Å²) >= 11 is 0. The normalized spacial score (nSPS) is 18.1. The molecule has 1 saturated heterocycles. The number of anilines is 1. The molecule has 2 aliphatic heterocycles. The third kappa shape index (κ3) is 3.54. The van der Waals surface area contributed by atoms with Crippen LogP contribution in [-0.4, -0.2) is 57.2 Å². The summed E-state index contributed by atoms with van der Waals surface area (Å²) in [5, 5.41) is 10.0. The first kappa shape index (κ1) is 17.9. The molecule has 0 aliphatic carbocycles. The predicted molar refractivity (Wildman–Crippen MR) is 101 cm³/mol. The van der Waals surface area contributed by atoms with E-state index in [2.05, 4.69) is 0 Å². The summed E-state index contributed by atoms with van der Waals surface area (Å²) in [7, 11) is -3.61. The van der Waals surface area contributed by atoms with Gasteiger partial charge in [-0.15, -0.1) is 0 Å². The number of phenolic OH excluding ortho intramolecular Hbond substituents is 1. The molecule has 4 rings (SSSR count). The van der Waals surface area contributed by atoms with Crippen LogP contribution in [0.5, 0.6) is 17.2 Å². The summed E-state index contributed by atoms with van der Waals surface area (Å²) in [6, 6.07) is 11.9. The van der Waals surface area contributed by atoms with Crippen LogP contribution in [0.15, 0.2) is 47.4 Å². The first-order chi connectivity index (χ1) is 13.1. The molecule has 144 valence electrons. The van der Waals surface area contributed by atoms with Gasteiger partial charge in [-0.3, -0.25) is 0 Å². The van der Waals surface area contributed by atoms with Crippen molar-refractivity contribution in [3.63, 3.8) is 0 Å². The van der Waals surface area contributed by atoms with Crippen molar-refractivity contribution in [2.45, 2.75) is 11.3 Å². The number of hydrogen-bond acceptors (Lipinski definition) is 6. The fourth-order valence-corrected chi connectivity index (χ4v) is 4.79. The Bertz CT molecular complexity index is 923. The molecule has 7 nitrogen and oxygen atoms in total. The molecule has 0 spiro atoms. The molecule has 2 heterocycles. The zero-order valence-electron chi connectivity index (χ0n) is 14.9. The number of nitrogens with zero attached hydrogens (tertiary/aromatic N) is 2. The third-order valence-corrected chi connectivity index (χ3v) is 6.71. The number of phenols is 1. The Balaban J connectivity index is 1.51. The second-order valence-electron chi connectivity index (χ2n) is 6.54. The van der Waals surface area contributed by atoms with Crippen LogP contribution >= 0.6 is 0 Å². The van der Waals surface area contributed by atoms with E-state index in [9.17, 15) is 13.5 Å². The molecule has 1 fully saturated rings. The Hall–Kier alpha value is -2.45. The van der Waals surface area contributed by atoms with Crippen molar-refractivity contribution < 1.29 is 23.0 Å². The molecule has 8 heteroatoms. The molecule has 0 aromatic heterocycles. The largest absolute Gasteiger partial charge is 0.506 e. The van der Waals surface area contributed by atoms with Gasteiger partial charge in [0.1, 0.15) is 5.75 Å². The number of aromatic hydroxyl groups is 1. The van der Waals surface area contributed by atoms with E-state index in [1.54, 1.807) is 30.3 Å². The fraction of sp³-hybridized carbons (Fsp3) is 0.368. The van der Waals surface area contributed by atoms with E-state index in [1.807, 2.05) is 17.0 Å². The summed E-state index contributed by atoms with van der Waals surface area (Å²) in [5.74, 6) is 1.26. The van der Waals surface area contributed by atoms with Gasteiger partial charge < -0.3 is 19.5 Å². The minimum Gasteiger partial charge on any atom is -0.506 e. The molecular weight excluding hydrogens is 368 g/mol. The van der Waals surface area contributed by atoms with Gasteiger partial charge in [-0.25, -0.2) is 8.42 Å². The smallest absolute Gasteiger partial charge is 0.243 e. The minimum atomic E-state index is -3.61. The fourth-order valence-electron chi connectivity index (χ4n) is 3.35. The Morgan fingerprint density at radius 1 is 0.889 bits per heavy atom. The van der Waals surface area contributed by atoms with Crippen molar-refractivity contribution in [2.24, 2.45) is 0 Å². The lowest BCUT2D eigenvalue weighted by molar-refractivity contribution is 0.296. The highest BCUT2D eigenvalue weighted by Gasteiger charge is 2.30. The predicted octanol–water partition coefficient (Wildman–Crippen LogP) is 2.06. The molecule has 0 bridgehead atoms. The van der Waals surface area contributed by atoms with Crippen molar-refractivity contribution in [1.82, 2.24) is 4.31 Å². The van der Waals surface area contributed by atoms with E-state index < -0.39 is 10.0 Å². The van der Waals surface area contributed by atoms with Crippen LogP contribution in [0.3, 0.4) is 0 Å². The van der Waals surface area contributed by atoms with E-state index in [0.717, 1.165) is 12.1 Å². The number of benzene rings is 2. The van der Waals surface area contributed by atoms with E-state index in [-0.39, 0.29) is 10.6 Å². The van der Waals surface area contributed by atoms with Crippen molar-refractivity contribution in [3.05, 3.63) is 42.5 Å². The summed E-state index contributed by atoms with van der Waals surface area (Å²) in [6.45, 7) is 2.81. The third-order valence-electron chi connectivity index (χ3n) is 4.82. The molecule has 27 heavy (non-hydrogen) atoms. The van der Waals surface area contributed by atoms with E-state index in [1.165, 1.54) is 4.31 Å². The standard InChI is InChI=1S/C19H22N2O5S/c22-17-5-2-1-4-16(17)20-8-10-21(11-9-20)27(23,24)15-6-7-18-19(14-15)26-13-3-12-25-18/h1-2,4-7,14,22H,3,8-13H2. The van der Waals surface area contributed by atoms with Crippen LogP contribution in [-0.2, 0) is 10.0 Å². The highest BCUT2D eigenvalue weighted by atomic mass is 32.2. The number of ether oxygens (including phenoxy) is 2. The summed E-state index contributed by atoms with van der Waals surface area (Å²) in [4.78, 5) is 2.21. The molecule has 0 atom stereocenters. The number of para-hydroxylation sites is 2. The molecule has 2 aromatic carbocycles. The van der Waals surface area contributed by atoms with Crippen LogP contribution in [0.25, 0.3) is 0 Å². The van der Waals surface area contributed by atoms with Crippen molar-refractivity contribution in [2.75, 3.05) is 44.3 Å². The number of fused-ring (bicyclic) bond motifs is 1. The van der Waals surface area contributed by atoms with Crippen LogP contribution in [0, 0.1) is 0 Å². The van der Waals surface area contributed by atoms with E-state index in [4.69, 9.17) is 9.47 Å². The molecular formula is C19H22N2O5S. The van der Waals surface area contributed by atoms with Crippen LogP contribution in [0.2, 0.25) is 0 Å². The Labute approximate surface area is 158 Å². The lowest BCUT2D eigenvalue weighted by atomic mass is 10.2. The zero-order chi connectivity index (χ0) is 18.9. The van der Waals surface area contributed by atoms with Gasteiger partial charge in [0, 0.05) is 38.7 Å². The molecule has 2 aliphatic rings. The average molecular weight is 390 g/mol. The highest BCUT2D eigenvalue weighted by molar-refractivity contribution is 7.89. The Morgan fingerprint density at radius 2 is 1.59 bits per heavy atom. The molecule has 0 amide bonds. The lowest BCUT2D eigenvalue weighted by Crippen LogP contribution is -2.48. The first-order valence-electron chi connectivity index (χ1n) is 8.98. The van der Waals surface area contributed by atoms with Gasteiger partial charge in [-0.2, -0.15) is 4.31 Å². The number of rotatable bonds is 3. The highest BCUT2D eigenvalue weighted by Crippen LogP contribution is 2.33. The Kier molecular flexibility index (Phi) is 4.84. The zero-order valence-corrected chi connectivity index (χ0v) is 15.7. The Morgan fingerprint density at radius 3 is 2.33 bits per heavy atom. The molecule has 1 N–H and O–H groups in total. The maximum Gasteiger partial charge on any atom is 0.243 e. The quantitative estimate of drug-likeness (QED) is 0.864. The maximum atomic E-state index is 13.0. The van der Waals surface area contributed by atoms with Crippen LogP contribution in [0.4, 0.5) is 5.69 Å². The molecule has 2 aromatic rings. The first-order valence-corrected chi connectivity index (χ1v) is 10.4. The second-order valence-corrected chi connectivity index (χ2v) is 8.48. The van der Waals surface area contributed by atoms with Crippen molar-refractivity contribution in [1.29, 1.82) is 0 Å². The van der Waals surface area contributed by atoms with Crippen LogP contribution < -0.4 is 14.4 Å². The van der Waals surface area contributed by atoms with Gasteiger partial charge in [0.05, 0.1) is 23.8 Å². The van der Waals surface area contributed by atoms with Crippen molar-refractivity contribution >= 4 is 15.7 Å². The maximum absolute atomic E-state index is 13.0. The van der Waals surface area contributed by atoms with Gasteiger partial charge in [-0.1, -0.05) is 12.1 Å². The van der Waals surface area contributed by atoms with Crippen LogP contribution in [0.1, 0.15) is 6.42 Å². The topological polar surface area (TPSA) is 79.3 Å². The number of hydrogen-bond donors (Lipinski definition) is 1.